The van der Waals surface area contributed by atoms with Gasteiger partial charge in [-0.15, -0.1) is 0 Å². The molecule has 1 unspecified atom stereocenters. The Balaban J connectivity index is 2.37. The molecule has 0 aliphatic carbocycles. The number of alkyl halides is 3. The molecule has 9 heteroatoms. The van der Waals surface area contributed by atoms with E-state index in [2.05, 4.69) is 5.32 Å². The molecular weight excluding hydrogens is 382 g/mol. The summed E-state index contributed by atoms with van der Waals surface area (Å²) in [6.07, 6.45) is -4.64. The fraction of sp³-hybridized carbons (Fsp3) is 0.125. The fourth-order valence-corrected chi connectivity index (χ4v) is 2.67. The lowest BCUT2D eigenvalue weighted by molar-refractivity contribution is -0.140. The minimum atomic E-state index is -4.64. The molecule has 0 fully saturated rings. The number of carbonyl (C=O) groups is 2. The standard InChI is InChI=1S/C16H10Cl2F3NO3/c17-10-5-2-6-11(18)12(10)14(23)22-13(15(24)25)8-3-1-4-9(7-8)16(19,20)21/h1-7,13H,(H,22,23)(H,24,25). The monoisotopic (exact) mass is 391 g/mol. The van der Waals surface area contributed by atoms with E-state index in [1.165, 1.54) is 24.3 Å². The molecule has 0 aliphatic rings. The minimum absolute atomic E-state index is 0.0156. The molecule has 2 N–H and O–H groups in total. The van der Waals surface area contributed by atoms with E-state index in [1.807, 2.05) is 0 Å². The molecule has 4 nitrogen and oxygen atoms in total. The number of benzene rings is 2. The molecule has 1 amide bonds. The van der Waals surface area contributed by atoms with Crippen molar-refractivity contribution >= 4 is 35.1 Å². The van der Waals surface area contributed by atoms with E-state index >= 15 is 0 Å². The van der Waals surface area contributed by atoms with Gasteiger partial charge in [0.1, 0.15) is 0 Å². The molecule has 1 atom stereocenters. The topological polar surface area (TPSA) is 66.4 Å². The van der Waals surface area contributed by atoms with Crippen LogP contribution in [0, 0.1) is 0 Å². The third-order valence-electron chi connectivity index (χ3n) is 3.26. The van der Waals surface area contributed by atoms with Crippen LogP contribution >= 0.6 is 23.2 Å². The maximum Gasteiger partial charge on any atom is 0.416 e. The summed E-state index contributed by atoms with van der Waals surface area (Å²) in [6, 6.07) is 6.23. The number of carboxylic acid groups (broad SMARTS) is 1. The second-order valence-electron chi connectivity index (χ2n) is 4.96. The van der Waals surface area contributed by atoms with Gasteiger partial charge in [-0.1, -0.05) is 41.4 Å². The quantitative estimate of drug-likeness (QED) is 0.802. The Hall–Kier alpha value is -2.25. The summed E-state index contributed by atoms with van der Waals surface area (Å²) in [6.45, 7) is 0. The van der Waals surface area contributed by atoms with E-state index in [9.17, 15) is 27.9 Å². The normalized spacial score (nSPS) is 12.5. The second kappa shape index (κ2) is 7.33. The van der Waals surface area contributed by atoms with Gasteiger partial charge in [-0.25, -0.2) is 4.79 Å². The first-order valence-corrected chi connectivity index (χ1v) is 7.51. The Morgan fingerprint density at radius 1 is 1.04 bits per heavy atom. The molecule has 2 rings (SSSR count). The van der Waals surface area contributed by atoms with E-state index in [1.54, 1.807) is 0 Å². The highest BCUT2D eigenvalue weighted by molar-refractivity contribution is 6.39. The van der Waals surface area contributed by atoms with Crippen molar-refractivity contribution in [2.24, 2.45) is 0 Å². The Morgan fingerprint density at radius 2 is 1.60 bits per heavy atom. The van der Waals surface area contributed by atoms with Gasteiger partial charge in [0.25, 0.3) is 5.91 Å². The van der Waals surface area contributed by atoms with E-state index in [-0.39, 0.29) is 21.2 Å². The second-order valence-corrected chi connectivity index (χ2v) is 5.78. The van der Waals surface area contributed by atoms with Crippen LogP contribution in [0.25, 0.3) is 0 Å². The summed E-state index contributed by atoms with van der Waals surface area (Å²) in [7, 11) is 0. The van der Waals surface area contributed by atoms with E-state index in [4.69, 9.17) is 23.2 Å². The van der Waals surface area contributed by atoms with E-state index in [0.717, 1.165) is 12.1 Å². The predicted molar refractivity (Wildman–Crippen MR) is 85.7 cm³/mol. The van der Waals surface area contributed by atoms with Crippen LogP contribution in [0.5, 0.6) is 0 Å². The van der Waals surface area contributed by atoms with Crippen LogP contribution in [0.1, 0.15) is 27.5 Å². The minimum Gasteiger partial charge on any atom is -0.479 e. The van der Waals surface area contributed by atoms with Gasteiger partial charge in [0.05, 0.1) is 21.2 Å². The summed E-state index contributed by atoms with van der Waals surface area (Å²) < 4.78 is 38.4. The number of carbonyl (C=O) groups excluding carboxylic acids is 1. The lowest BCUT2D eigenvalue weighted by Gasteiger charge is -2.17. The van der Waals surface area contributed by atoms with Crippen molar-refractivity contribution in [2.45, 2.75) is 12.2 Å². The molecule has 0 saturated heterocycles. The van der Waals surface area contributed by atoms with E-state index < -0.39 is 29.7 Å². The van der Waals surface area contributed by atoms with Gasteiger partial charge < -0.3 is 10.4 Å². The largest absolute Gasteiger partial charge is 0.479 e. The van der Waals surface area contributed by atoms with Crippen molar-refractivity contribution in [3.8, 4) is 0 Å². The summed E-state index contributed by atoms with van der Waals surface area (Å²) >= 11 is 11.8. The highest BCUT2D eigenvalue weighted by Crippen LogP contribution is 2.31. The van der Waals surface area contributed by atoms with Crippen LogP contribution in [-0.2, 0) is 11.0 Å². The lowest BCUT2D eigenvalue weighted by atomic mass is 10.0. The van der Waals surface area contributed by atoms with Crippen molar-refractivity contribution < 1.29 is 27.9 Å². The third-order valence-corrected chi connectivity index (χ3v) is 3.89. The predicted octanol–water partition coefficient (Wildman–Crippen LogP) is 4.57. The van der Waals surface area contributed by atoms with Gasteiger partial charge >= 0.3 is 12.1 Å². The molecule has 2 aromatic carbocycles. The smallest absolute Gasteiger partial charge is 0.416 e. The van der Waals surface area contributed by atoms with Crippen molar-refractivity contribution in [3.63, 3.8) is 0 Å². The van der Waals surface area contributed by atoms with Gasteiger partial charge in [-0.2, -0.15) is 13.2 Å². The SMILES string of the molecule is O=C(NC(C(=O)O)c1cccc(C(F)(F)F)c1)c1c(Cl)cccc1Cl. The Bertz CT molecular complexity index is 804. The molecular formula is C16H10Cl2F3NO3. The van der Waals surface area contributed by atoms with Crippen molar-refractivity contribution in [1.29, 1.82) is 0 Å². The summed E-state index contributed by atoms with van der Waals surface area (Å²) in [5, 5.41) is 11.4. The van der Waals surface area contributed by atoms with Crippen molar-refractivity contribution in [1.82, 2.24) is 5.32 Å². The number of nitrogens with one attached hydrogen (secondary N) is 1. The fourth-order valence-electron chi connectivity index (χ4n) is 2.10. The van der Waals surface area contributed by atoms with Crippen LogP contribution < -0.4 is 5.32 Å². The first kappa shape index (κ1) is 19.1. The summed E-state index contributed by atoms with van der Waals surface area (Å²) in [5.41, 5.74) is -1.43. The molecule has 0 bridgehead atoms. The first-order valence-electron chi connectivity index (χ1n) is 6.76. The highest BCUT2D eigenvalue weighted by atomic mass is 35.5. The average Bonchev–Trinajstić information content (AvgIpc) is 2.51. The summed E-state index contributed by atoms with van der Waals surface area (Å²) in [4.78, 5) is 23.7. The number of halogens is 5. The molecule has 25 heavy (non-hydrogen) atoms. The molecule has 0 aromatic heterocycles. The number of aliphatic carboxylic acids is 1. The zero-order valence-electron chi connectivity index (χ0n) is 12.3. The molecule has 0 radical (unpaired) electrons. The van der Waals surface area contributed by atoms with Gasteiger partial charge in [-0.05, 0) is 29.8 Å². The maximum atomic E-state index is 12.8. The lowest BCUT2D eigenvalue weighted by Crippen LogP contribution is -2.34. The van der Waals surface area contributed by atoms with Crippen LogP contribution in [-0.4, -0.2) is 17.0 Å². The summed E-state index contributed by atoms with van der Waals surface area (Å²) in [5.74, 6) is -2.45. The molecule has 0 aliphatic heterocycles. The maximum absolute atomic E-state index is 12.8. The number of hydrogen-bond donors (Lipinski definition) is 2. The Morgan fingerprint density at radius 3 is 2.12 bits per heavy atom. The zero-order valence-corrected chi connectivity index (χ0v) is 13.8. The van der Waals surface area contributed by atoms with Gasteiger partial charge in [0, 0.05) is 0 Å². The van der Waals surface area contributed by atoms with Gasteiger partial charge in [0.2, 0.25) is 0 Å². The number of amides is 1. The molecule has 132 valence electrons. The molecule has 0 spiro atoms. The molecule has 0 heterocycles. The van der Waals surface area contributed by atoms with Gasteiger partial charge in [-0.3, -0.25) is 4.79 Å². The average molecular weight is 392 g/mol. The van der Waals surface area contributed by atoms with Crippen molar-refractivity contribution in [3.05, 3.63) is 69.2 Å². The molecule has 0 saturated carbocycles. The third kappa shape index (κ3) is 4.43. The highest BCUT2D eigenvalue weighted by Gasteiger charge is 2.32. The van der Waals surface area contributed by atoms with Crippen molar-refractivity contribution in [2.75, 3.05) is 0 Å². The number of rotatable bonds is 4. The zero-order chi connectivity index (χ0) is 18.8. The van der Waals surface area contributed by atoms with Crippen LogP contribution in [0.3, 0.4) is 0 Å². The van der Waals surface area contributed by atoms with E-state index in [0.29, 0.717) is 6.07 Å². The first-order chi connectivity index (χ1) is 11.6. The molecule has 2 aromatic rings. The number of carboxylic acids is 1. The van der Waals surface area contributed by atoms with Crippen LogP contribution in [0.15, 0.2) is 42.5 Å². The Labute approximate surface area is 150 Å². The van der Waals surface area contributed by atoms with Gasteiger partial charge in [0.15, 0.2) is 6.04 Å². The van der Waals surface area contributed by atoms with Crippen LogP contribution in [0.2, 0.25) is 10.0 Å². The van der Waals surface area contributed by atoms with Crippen LogP contribution in [0.4, 0.5) is 13.2 Å². The Kier molecular flexibility index (Phi) is 5.59. The number of hydrogen-bond acceptors (Lipinski definition) is 2.